The van der Waals surface area contributed by atoms with Crippen LogP contribution in [0, 0.1) is 18.8 Å². The van der Waals surface area contributed by atoms with Crippen LogP contribution in [-0.2, 0) is 0 Å². The number of hydrogen-bond acceptors (Lipinski definition) is 3. The molecule has 1 heterocycles. The van der Waals surface area contributed by atoms with Gasteiger partial charge in [-0.25, -0.2) is 0 Å². The number of nitrogens with one attached hydrogen (secondary N) is 1. The molecular weight excluding hydrogens is 312 g/mol. The number of carbonyl (C=O) groups excluding carboxylic acids is 1. The van der Waals surface area contributed by atoms with Crippen LogP contribution in [0.5, 0.6) is 5.75 Å². The molecule has 124 valence electrons. The number of ether oxygens (including phenoxy) is 1. The number of carbonyl (C=O) groups is 1. The van der Waals surface area contributed by atoms with Crippen LogP contribution < -0.4 is 10.1 Å². The van der Waals surface area contributed by atoms with Gasteiger partial charge in [-0.2, -0.15) is 0 Å². The molecule has 0 saturated carbocycles. The zero-order valence-corrected chi connectivity index (χ0v) is 14.0. The van der Waals surface area contributed by atoms with Gasteiger partial charge in [0.05, 0.1) is 12.7 Å². The molecule has 3 rings (SSSR count). The zero-order valence-electron chi connectivity index (χ0n) is 14.0. The van der Waals surface area contributed by atoms with Crippen molar-refractivity contribution in [1.82, 2.24) is 10.3 Å². The average Bonchev–Trinajstić information content (AvgIpc) is 2.65. The molecule has 0 aliphatic rings. The number of rotatable bonds is 4. The van der Waals surface area contributed by atoms with Gasteiger partial charge in [0, 0.05) is 11.3 Å². The molecule has 0 atom stereocenters. The number of amides is 1. The molecule has 0 aliphatic carbocycles. The van der Waals surface area contributed by atoms with E-state index in [0.29, 0.717) is 11.3 Å². The van der Waals surface area contributed by atoms with Crippen molar-refractivity contribution < 1.29 is 9.53 Å². The zero-order chi connectivity index (χ0) is 17.5. The summed E-state index contributed by atoms with van der Waals surface area (Å²) in [6.07, 6.45) is 1.67. The van der Waals surface area contributed by atoms with Crippen molar-refractivity contribution in [2.24, 2.45) is 0 Å². The number of benzene rings is 2. The minimum atomic E-state index is -0.130. The Labute approximate surface area is 146 Å². The maximum atomic E-state index is 12.3. The number of aromatic nitrogens is 1. The van der Waals surface area contributed by atoms with Crippen LogP contribution >= 0.6 is 0 Å². The van der Waals surface area contributed by atoms with Gasteiger partial charge in [-0.15, -0.1) is 0 Å². The maximum Gasteiger partial charge on any atom is 0.252 e. The van der Waals surface area contributed by atoms with Gasteiger partial charge in [-0.1, -0.05) is 48.2 Å². The molecule has 0 spiro atoms. The second kappa shape index (κ2) is 7.98. The highest BCUT2D eigenvalue weighted by molar-refractivity contribution is 6.07. The van der Waals surface area contributed by atoms with Crippen molar-refractivity contribution >= 4 is 16.7 Å². The predicted octanol–water partition coefficient (Wildman–Crippen LogP) is 3.36. The largest absolute Gasteiger partial charge is 0.479 e. The van der Waals surface area contributed by atoms with Crippen LogP contribution in [0.25, 0.3) is 10.8 Å². The van der Waals surface area contributed by atoms with Gasteiger partial charge in [0.1, 0.15) is 12.4 Å². The Hall–Kier alpha value is -3.32. The standard InChI is InChI=1S/C21H18N2O2/c1-16-11-12-18(15-23-16)25-14-5-4-13-22-21(24)20-10-6-8-17-7-2-3-9-19(17)20/h2-3,6-12,15H,13-14H2,1H3,(H,22,24). The van der Waals surface area contributed by atoms with Crippen LogP contribution in [0.4, 0.5) is 0 Å². The summed E-state index contributed by atoms with van der Waals surface area (Å²) in [6.45, 7) is 2.45. The molecule has 1 amide bonds. The van der Waals surface area contributed by atoms with Crippen LogP contribution in [0.15, 0.2) is 60.8 Å². The van der Waals surface area contributed by atoms with E-state index in [2.05, 4.69) is 22.1 Å². The fourth-order valence-electron chi connectivity index (χ4n) is 2.42. The van der Waals surface area contributed by atoms with E-state index in [1.165, 1.54) is 0 Å². The Morgan fingerprint density at radius 2 is 1.92 bits per heavy atom. The lowest BCUT2D eigenvalue weighted by Crippen LogP contribution is -2.23. The summed E-state index contributed by atoms with van der Waals surface area (Å²) in [5.74, 6) is 6.32. The normalized spacial score (nSPS) is 9.96. The summed E-state index contributed by atoms with van der Waals surface area (Å²) in [4.78, 5) is 16.5. The van der Waals surface area contributed by atoms with E-state index in [1.807, 2.05) is 61.5 Å². The van der Waals surface area contributed by atoms with Gasteiger partial charge in [-0.3, -0.25) is 9.78 Å². The summed E-state index contributed by atoms with van der Waals surface area (Å²) in [7, 11) is 0. The van der Waals surface area contributed by atoms with Crippen LogP contribution in [-0.4, -0.2) is 24.0 Å². The fourth-order valence-corrected chi connectivity index (χ4v) is 2.42. The molecular formula is C21H18N2O2. The maximum absolute atomic E-state index is 12.3. The lowest BCUT2D eigenvalue weighted by molar-refractivity contribution is 0.0960. The minimum absolute atomic E-state index is 0.130. The second-order valence-corrected chi connectivity index (χ2v) is 5.49. The quantitative estimate of drug-likeness (QED) is 0.746. The Balaban J connectivity index is 1.52. The molecule has 0 saturated heterocycles. The number of aryl methyl sites for hydroxylation is 1. The highest BCUT2D eigenvalue weighted by Gasteiger charge is 2.07. The van der Waals surface area contributed by atoms with Crippen molar-refractivity contribution in [3.05, 3.63) is 72.1 Å². The molecule has 1 N–H and O–H groups in total. The lowest BCUT2D eigenvalue weighted by Gasteiger charge is -2.05. The first kappa shape index (κ1) is 16.5. The molecule has 3 aromatic rings. The first-order valence-electron chi connectivity index (χ1n) is 8.01. The van der Waals surface area contributed by atoms with Crippen LogP contribution in [0.1, 0.15) is 16.1 Å². The molecule has 4 heteroatoms. The van der Waals surface area contributed by atoms with Crippen LogP contribution in [0.3, 0.4) is 0 Å². The smallest absolute Gasteiger partial charge is 0.252 e. The second-order valence-electron chi connectivity index (χ2n) is 5.49. The van der Waals surface area contributed by atoms with Crippen molar-refractivity contribution in [1.29, 1.82) is 0 Å². The van der Waals surface area contributed by atoms with E-state index < -0.39 is 0 Å². The molecule has 25 heavy (non-hydrogen) atoms. The number of pyridine rings is 1. The lowest BCUT2D eigenvalue weighted by atomic mass is 10.0. The van der Waals surface area contributed by atoms with Gasteiger partial charge in [0.15, 0.2) is 0 Å². The van der Waals surface area contributed by atoms with E-state index >= 15 is 0 Å². The van der Waals surface area contributed by atoms with Gasteiger partial charge < -0.3 is 10.1 Å². The van der Waals surface area contributed by atoms with E-state index in [9.17, 15) is 4.79 Å². The SMILES string of the molecule is Cc1ccc(OCC#CCNC(=O)c2cccc3ccccc23)cn1. The molecule has 0 radical (unpaired) electrons. The first-order chi connectivity index (χ1) is 12.2. The van der Waals surface area contributed by atoms with Crippen molar-refractivity contribution in [2.75, 3.05) is 13.2 Å². The molecule has 0 aliphatic heterocycles. The van der Waals surface area contributed by atoms with Gasteiger partial charge in [0.2, 0.25) is 0 Å². The molecule has 4 nitrogen and oxygen atoms in total. The Kier molecular flexibility index (Phi) is 5.28. The van der Waals surface area contributed by atoms with Crippen molar-refractivity contribution in [2.45, 2.75) is 6.92 Å². The monoisotopic (exact) mass is 330 g/mol. The van der Waals surface area contributed by atoms with Gasteiger partial charge in [-0.05, 0) is 35.9 Å². The van der Waals surface area contributed by atoms with Gasteiger partial charge in [0.25, 0.3) is 5.91 Å². The fraction of sp³-hybridized carbons (Fsp3) is 0.143. The third-order valence-corrected chi connectivity index (χ3v) is 3.69. The van der Waals surface area contributed by atoms with E-state index in [4.69, 9.17) is 4.74 Å². The third-order valence-electron chi connectivity index (χ3n) is 3.69. The summed E-state index contributed by atoms with van der Waals surface area (Å²) in [6, 6.07) is 17.2. The van der Waals surface area contributed by atoms with E-state index in [1.54, 1.807) is 6.20 Å². The average molecular weight is 330 g/mol. The first-order valence-corrected chi connectivity index (χ1v) is 8.01. The summed E-state index contributed by atoms with van der Waals surface area (Å²) >= 11 is 0. The molecule has 2 aromatic carbocycles. The molecule has 0 bridgehead atoms. The molecule has 0 fully saturated rings. The Morgan fingerprint density at radius 1 is 1.08 bits per heavy atom. The summed E-state index contributed by atoms with van der Waals surface area (Å²) in [5, 5.41) is 4.80. The van der Waals surface area contributed by atoms with Gasteiger partial charge >= 0.3 is 0 Å². The van der Waals surface area contributed by atoms with Crippen LogP contribution in [0.2, 0.25) is 0 Å². The summed E-state index contributed by atoms with van der Waals surface area (Å²) < 4.78 is 5.46. The number of nitrogens with zero attached hydrogens (tertiary/aromatic N) is 1. The van der Waals surface area contributed by atoms with E-state index in [0.717, 1.165) is 16.5 Å². The topological polar surface area (TPSA) is 51.2 Å². The molecule has 1 aromatic heterocycles. The Bertz CT molecular complexity index is 932. The minimum Gasteiger partial charge on any atom is -0.479 e. The highest BCUT2D eigenvalue weighted by Crippen LogP contribution is 2.18. The van der Waals surface area contributed by atoms with E-state index in [-0.39, 0.29) is 19.1 Å². The number of fused-ring (bicyclic) bond motifs is 1. The Morgan fingerprint density at radius 3 is 2.76 bits per heavy atom. The number of hydrogen-bond donors (Lipinski definition) is 1. The predicted molar refractivity (Wildman–Crippen MR) is 98.5 cm³/mol. The van der Waals surface area contributed by atoms with Crippen molar-refractivity contribution in [3.8, 4) is 17.6 Å². The summed E-state index contributed by atoms with van der Waals surface area (Å²) in [5.41, 5.74) is 1.59. The third kappa shape index (κ3) is 4.36. The molecule has 0 unspecified atom stereocenters. The van der Waals surface area contributed by atoms with Crippen molar-refractivity contribution in [3.63, 3.8) is 0 Å². The highest BCUT2D eigenvalue weighted by atomic mass is 16.5.